The third-order valence-corrected chi connectivity index (χ3v) is 9.19. The van der Waals surface area contributed by atoms with E-state index in [2.05, 4.69) is 36.7 Å². The summed E-state index contributed by atoms with van der Waals surface area (Å²) in [5.74, 6) is 1.31. The summed E-state index contributed by atoms with van der Waals surface area (Å²) in [7, 11) is 0. The van der Waals surface area contributed by atoms with Gasteiger partial charge in [0.1, 0.15) is 5.78 Å². The fraction of sp³-hybridized carbons (Fsp3) is 0.933. The number of alkyl halides is 1. The molecular formula is C15H21BrO. The molecule has 0 aliphatic heterocycles. The molecule has 0 heterocycles. The van der Waals surface area contributed by atoms with Crippen LogP contribution in [0.15, 0.2) is 0 Å². The predicted octanol–water partition coefficient (Wildman–Crippen LogP) is 3.95. The van der Waals surface area contributed by atoms with Gasteiger partial charge in [0.15, 0.2) is 0 Å². The van der Waals surface area contributed by atoms with Crippen molar-refractivity contribution in [3.63, 3.8) is 0 Å². The summed E-state index contributed by atoms with van der Waals surface area (Å²) in [6.45, 7) is 7.04. The molecule has 5 aliphatic carbocycles. The molecule has 0 aromatic rings. The van der Waals surface area contributed by atoms with Crippen LogP contribution in [0.25, 0.3) is 0 Å². The van der Waals surface area contributed by atoms with Gasteiger partial charge in [0, 0.05) is 16.7 Å². The monoisotopic (exact) mass is 296 g/mol. The molecule has 0 amide bonds. The number of carbonyl (C=O) groups is 1. The van der Waals surface area contributed by atoms with Crippen molar-refractivity contribution in [1.29, 1.82) is 0 Å². The first-order valence-electron chi connectivity index (χ1n) is 6.98. The minimum absolute atomic E-state index is 0.0803. The summed E-state index contributed by atoms with van der Waals surface area (Å²) in [6, 6.07) is 0. The Labute approximate surface area is 112 Å². The molecule has 5 saturated carbocycles. The second-order valence-corrected chi connectivity index (χ2v) is 9.02. The van der Waals surface area contributed by atoms with Crippen LogP contribution in [-0.4, -0.2) is 10.6 Å². The van der Waals surface area contributed by atoms with Gasteiger partial charge in [0.25, 0.3) is 0 Å². The van der Waals surface area contributed by atoms with Crippen molar-refractivity contribution in [3.05, 3.63) is 0 Å². The molecule has 0 aromatic carbocycles. The molecule has 1 nitrogen and oxygen atoms in total. The van der Waals surface area contributed by atoms with E-state index in [1.165, 1.54) is 25.7 Å². The highest BCUT2D eigenvalue weighted by Crippen LogP contribution is 2.90. The molecule has 0 unspecified atom stereocenters. The molecule has 5 rings (SSSR count). The summed E-state index contributed by atoms with van der Waals surface area (Å²) in [4.78, 5) is 13.0. The molecular weight excluding hydrogens is 276 g/mol. The van der Waals surface area contributed by atoms with Crippen LogP contribution in [0.1, 0.15) is 52.9 Å². The van der Waals surface area contributed by atoms with Gasteiger partial charge in [-0.15, -0.1) is 0 Å². The summed E-state index contributed by atoms with van der Waals surface area (Å²) in [5, 5.41) is 0. The molecule has 5 fully saturated rings. The lowest BCUT2D eigenvalue weighted by Crippen LogP contribution is -2.84. The first kappa shape index (κ1) is 11.0. The van der Waals surface area contributed by atoms with Gasteiger partial charge in [-0.3, -0.25) is 4.79 Å². The number of Topliss-reactive ketones (excluding diaryl/α,β-unsaturated/α-hetero) is 1. The van der Waals surface area contributed by atoms with E-state index in [9.17, 15) is 4.79 Å². The third-order valence-electron chi connectivity index (χ3n) is 7.58. The highest BCUT2D eigenvalue weighted by Gasteiger charge is 2.86. The maximum Gasteiger partial charge on any atom is 0.139 e. The number of carbonyl (C=O) groups excluding carboxylic acids is 1. The zero-order chi connectivity index (χ0) is 12.3. The van der Waals surface area contributed by atoms with E-state index in [0.717, 1.165) is 12.3 Å². The largest absolute Gasteiger partial charge is 0.299 e. The number of hydrogen-bond acceptors (Lipinski definition) is 1. The fourth-order valence-electron chi connectivity index (χ4n) is 6.42. The van der Waals surface area contributed by atoms with Crippen LogP contribution in [-0.2, 0) is 4.79 Å². The second kappa shape index (κ2) is 2.55. The molecule has 5 aliphatic rings. The van der Waals surface area contributed by atoms with Gasteiger partial charge in [0.05, 0.1) is 0 Å². The first-order chi connectivity index (χ1) is 7.80. The summed E-state index contributed by atoms with van der Waals surface area (Å²) in [6.07, 6.45) is 6.06. The normalized spacial score (nSPS) is 62.2. The number of hydrogen-bond donors (Lipinski definition) is 0. The Morgan fingerprint density at radius 3 is 2.65 bits per heavy atom. The Hall–Kier alpha value is 0.150. The zero-order valence-corrected chi connectivity index (χ0v) is 12.6. The average molecular weight is 297 g/mol. The van der Waals surface area contributed by atoms with E-state index < -0.39 is 0 Å². The second-order valence-electron chi connectivity index (χ2n) is 7.92. The third kappa shape index (κ3) is 0.786. The Kier molecular flexibility index (Phi) is 1.65. The number of halogens is 1. The Morgan fingerprint density at radius 1 is 1.29 bits per heavy atom. The van der Waals surface area contributed by atoms with Gasteiger partial charge in [-0.05, 0) is 47.8 Å². The van der Waals surface area contributed by atoms with E-state index in [-0.39, 0.29) is 5.41 Å². The van der Waals surface area contributed by atoms with Crippen molar-refractivity contribution in [2.75, 3.05) is 0 Å². The van der Waals surface area contributed by atoms with E-state index >= 15 is 0 Å². The lowest BCUT2D eigenvalue weighted by molar-refractivity contribution is -0.360. The van der Waals surface area contributed by atoms with Crippen LogP contribution in [0.4, 0.5) is 0 Å². The van der Waals surface area contributed by atoms with Crippen LogP contribution in [0.2, 0.25) is 0 Å². The molecule has 17 heavy (non-hydrogen) atoms. The van der Waals surface area contributed by atoms with E-state index in [4.69, 9.17) is 0 Å². The Morgan fingerprint density at radius 2 is 2.00 bits per heavy atom. The van der Waals surface area contributed by atoms with Gasteiger partial charge in [-0.25, -0.2) is 0 Å². The predicted molar refractivity (Wildman–Crippen MR) is 71.1 cm³/mol. The molecule has 0 saturated heterocycles. The summed E-state index contributed by atoms with van der Waals surface area (Å²) >= 11 is 3.90. The van der Waals surface area contributed by atoms with Crippen molar-refractivity contribution >= 4 is 21.7 Å². The number of ketones is 1. The number of fused-ring (bicyclic) bond motifs is 1. The maximum atomic E-state index is 12.4. The van der Waals surface area contributed by atoms with Crippen LogP contribution in [0.3, 0.4) is 0 Å². The Balaban J connectivity index is 1.86. The molecule has 0 N–H and O–H groups in total. The van der Waals surface area contributed by atoms with E-state index in [0.29, 0.717) is 26.9 Å². The van der Waals surface area contributed by atoms with E-state index in [1.807, 2.05) is 0 Å². The van der Waals surface area contributed by atoms with Crippen molar-refractivity contribution in [2.24, 2.45) is 27.6 Å². The molecule has 4 bridgehead atoms. The minimum Gasteiger partial charge on any atom is -0.299 e. The van der Waals surface area contributed by atoms with Crippen LogP contribution in [0, 0.1) is 27.6 Å². The number of rotatable bonds is 0. The lowest BCUT2D eigenvalue weighted by Gasteiger charge is -2.87. The summed E-state index contributed by atoms with van der Waals surface area (Å²) in [5.41, 5.74) is 1.27. The zero-order valence-electron chi connectivity index (χ0n) is 11.0. The van der Waals surface area contributed by atoms with Crippen molar-refractivity contribution in [2.45, 2.75) is 57.7 Å². The van der Waals surface area contributed by atoms with Crippen LogP contribution < -0.4 is 0 Å². The highest BCUT2D eigenvalue weighted by molar-refractivity contribution is 9.09. The molecule has 2 heteroatoms. The SMILES string of the molecule is CC1(C)[C@H](Br)CC[C@]23C[C@]4(C)C(=O)C[C@]12C[C@@H]34. The van der Waals surface area contributed by atoms with Gasteiger partial charge >= 0.3 is 0 Å². The van der Waals surface area contributed by atoms with E-state index in [1.54, 1.807) is 0 Å². The minimum atomic E-state index is 0.0803. The molecule has 2 spiro atoms. The quantitative estimate of drug-likeness (QED) is 0.619. The van der Waals surface area contributed by atoms with Crippen LogP contribution >= 0.6 is 15.9 Å². The molecule has 0 radical (unpaired) electrons. The smallest absolute Gasteiger partial charge is 0.139 e. The maximum absolute atomic E-state index is 12.4. The van der Waals surface area contributed by atoms with Crippen molar-refractivity contribution in [3.8, 4) is 0 Å². The topological polar surface area (TPSA) is 17.1 Å². The van der Waals surface area contributed by atoms with Gasteiger partial charge < -0.3 is 0 Å². The van der Waals surface area contributed by atoms with Gasteiger partial charge in [0.2, 0.25) is 0 Å². The van der Waals surface area contributed by atoms with Crippen molar-refractivity contribution < 1.29 is 4.79 Å². The van der Waals surface area contributed by atoms with Gasteiger partial charge in [-0.2, -0.15) is 0 Å². The Bertz CT molecular complexity index is 442. The fourth-order valence-corrected chi connectivity index (χ4v) is 7.09. The highest BCUT2D eigenvalue weighted by atomic mass is 79.9. The molecule has 0 aromatic heterocycles. The van der Waals surface area contributed by atoms with Gasteiger partial charge in [-0.1, -0.05) is 36.7 Å². The van der Waals surface area contributed by atoms with Crippen molar-refractivity contribution in [1.82, 2.24) is 0 Å². The standard InChI is InChI=1S/C15H21BrO/c1-12(2)10(16)4-5-14-8-13(3)9(14)6-15(12,14)7-11(13)17/h9-10H,4-8H2,1-3H3/t9-,10-,13+,14-,15-/m1/s1. The first-order valence-corrected chi connectivity index (χ1v) is 7.89. The lowest BCUT2D eigenvalue weighted by atomic mass is 9.16. The van der Waals surface area contributed by atoms with Crippen LogP contribution in [0.5, 0.6) is 0 Å². The molecule has 5 atom stereocenters. The average Bonchev–Trinajstić information content (AvgIpc) is 2.24. The summed E-state index contributed by atoms with van der Waals surface area (Å²) < 4.78 is 0. The molecule has 94 valence electrons.